The van der Waals surface area contributed by atoms with Crippen LogP contribution in [0.15, 0.2) is 97.1 Å². The van der Waals surface area contributed by atoms with Crippen LogP contribution in [-0.2, 0) is 0 Å². The van der Waals surface area contributed by atoms with Gasteiger partial charge in [-0.05, 0) is 33.0 Å². The molecule has 0 bridgehead atoms. The molecule has 0 heterocycles. The fourth-order valence-electron chi connectivity index (χ4n) is 3.27. The van der Waals surface area contributed by atoms with E-state index < -0.39 is 6.10 Å². The fourth-order valence-corrected chi connectivity index (χ4v) is 3.27. The summed E-state index contributed by atoms with van der Waals surface area (Å²) in [5.74, 6) is 0. The highest BCUT2D eigenvalue weighted by atomic mass is 16.3. The van der Waals surface area contributed by atoms with Gasteiger partial charge in [-0.25, -0.2) is 0 Å². The summed E-state index contributed by atoms with van der Waals surface area (Å²) < 4.78 is 0. The maximum absolute atomic E-state index is 11.1. The van der Waals surface area contributed by atoms with E-state index in [9.17, 15) is 5.11 Å². The first-order chi connectivity index (χ1) is 11.8. The second-order valence-corrected chi connectivity index (χ2v) is 5.92. The Hall–Kier alpha value is -2.90. The molecule has 0 aliphatic rings. The molecule has 1 unspecified atom stereocenters. The maximum atomic E-state index is 11.1. The summed E-state index contributed by atoms with van der Waals surface area (Å²) in [6.45, 7) is 0. The van der Waals surface area contributed by atoms with Crippen LogP contribution in [0, 0.1) is 0 Å². The van der Waals surface area contributed by atoms with Crippen molar-refractivity contribution >= 4 is 10.8 Å². The molecule has 4 aromatic rings. The Morgan fingerprint density at radius 2 is 1.17 bits per heavy atom. The number of benzene rings is 4. The molecule has 4 rings (SSSR count). The van der Waals surface area contributed by atoms with Crippen molar-refractivity contribution in [2.45, 2.75) is 6.10 Å². The van der Waals surface area contributed by atoms with Gasteiger partial charge >= 0.3 is 0 Å². The molecule has 0 saturated carbocycles. The van der Waals surface area contributed by atoms with Crippen LogP contribution in [0.25, 0.3) is 21.9 Å². The summed E-state index contributed by atoms with van der Waals surface area (Å²) in [5.41, 5.74) is 4.06. The molecular weight excluding hydrogens is 292 g/mol. The summed E-state index contributed by atoms with van der Waals surface area (Å²) >= 11 is 0. The average molecular weight is 310 g/mol. The van der Waals surface area contributed by atoms with Crippen molar-refractivity contribution in [3.05, 3.63) is 108 Å². The normalized spacial score (nSPS) is 12.2. The number of aliphatic hydroxyl groups is 1. The molecule has 0 aliphatic heterocycles. The lowest BCUT2D eigenvalue weighted by Crippen LogP contribution is -2.02. The van der Waals surface area contributed by atoms with Crippen LogP contribution in [-0.4, -0.2) is 5.11 Å². The molecule has 0 aromatic heterocycles. The van der Waals surface area contributed by atoms with Crippen LogP contribution < -0.4 is 0 Å². The number of fused-ring (bicyclic) bond motifs is 1. The van der Waals surface area contributed by atoms with E-state index in [1.165, 1.54) is 0 Å². The zero-order chi connectivity index (χ0) is 16.4. The zero-order valence-electron chi connectivity index (χ0n) is 13.3. The summed E-state index contributed by atoms with van der Waals surface area (Å²) in [5, 5.41) is 13.4. The SMILES string of the molecule is OC(c1ccccc1-c1ccccc1)c1cccc2ccccc12. The molecule has 0 fully saturated rings. The third kappa shape index (κ3) is 2.60. The van der Waals surface area contributed by atoms with Gasteiger partial charge in [-0.2, -0.15) is 0 Å². The Morgan fingerprint density at radius 1 is 0.542 bits per heavy atom. The van der Waals surface area contributed by atoms with Crippen molar-refractivity contribution in [3.8, 4) is 11.1 Å². The van der Waals surface area contributed by atoms with Crippen LogP contribution in [0.4, 0.5) is 0 Å². The van der Waals surface area contributed by atoms with Gasteiger partial charge in [0.1, 0.15) is 6.10 Å². The monoisotopic (exact) mass is 310 g/mol. The Balaban J connectivity index is 1.88. The molecule has 0 spiro atoms. The van der Waals surface area contributed by atoms with E-state index in [2.05, 4.69) is 36.4 Å². The molecule has 0 radical (unpaired) electrons. The lowest BCUT2D eigenvalue weighted by molar-refractivity contribution is 0.222. The molecule has 1 heteroatoms. The molecule has 0 amide bonds. The third-order valence-corrected chi connectivity index (χ3v) is 4.46. The standard InChI is InChI=1S/C23H18O/c24-23(22-16-8-12-18-11-4-5-13-20(18)22)21-15-7-6-14-19(21)17-9-2-1-3-10-17/h1-16,23-24H. The van der Waals surface area contributed by atoms with Crippen LogP contribution in [0.5, 0.6) is 0 Å². The van der Waals surface area contributed by atoms with Gasteiger partial charge in [-0.1, -0.05) is 97.1 Å². The number of aliphatic hydroxyl groups excluding tert-OH is 1. The maximum Gasteiger partial charge on any atom is 0.105 e. The molecule has 1 atom stereocenters. The van der Waals surface area contributed by atoms with Gasteiger partial charge in [0.25, 0.3) is 0 Å². The van der Waals surface area contributed by atoms with E-state index >= 15 is 0 Å². The smallest absolute Gasteiger partial charge is 0.105 e. The predicted molar refractivity (Wildman–Crippen MR) is 99.9 cm³/mol. The minimum atomic E-state index is -0.660. The lowest BCUT2D eigenvalue weighted by atomic mass is 9.90. The van der Waals surface area contributed by atoms with Gasteiger partial charge in [-0.3, -0.25) is 0 Å². The largest absolute Gasteiger partial charge is 0.384 e. The first kappa shape index (κ1) is 14.7. The quantitative estimate of drug-likeness (QED) is 0.523. The minimum Gasteiger partial charge on any atom is -0.384 e. The summed E-state index contributed by atoms with van der Waals surface area (Å²) in [6.07, 6.45) is -0.660. The minimum absolute atomic E-state index is 0.660. The highest BCUT2D eigenvalue weighted by Crippen LogP contribution is 2.34. The first-order valence-electron chi connectivity index (χ1n) is 8.14. The summed E-state index contributed by atoms with van der Waals surface area (Å²) in [7, 11) is 0. The second kappa shape index (κ2) is 6.31. The van der Waals surface area contributed by atoms with E-state index in [0.717, 1.165) is 33.0 Å². The van der Waals surface area contributed by atoms with Crippen molar-refractivity contribution in [2.24, 2.45) is 0 Å². The van der Waals surface area contributed by atoms with Crippen molar-refractivity contribution < 1.29 is 5.11 Å². The lowest BCUT2D eigenvalue weighted by Gasteiger charge is -2.18. The Bertz CT molecular complexity index is 968. The molecule has 0 aliphatic carbocycles. The van der Waals surface area contributed by atoms with E-state index in [-0.39, 0.29) is 0 Å². The first-order valence-corrected chi connectivity index (χ1v) is 8.14. The van der Waals surface area contributed by atoms with Gasteiger partial charge in [0.05, 0.1) is 0 Å². The summed E-state index contributed by atoms with van der Waals surface area (Å²) in [4.78, 5) is 0. The third-order valence-electron chi connectivity index (χ3n) is 4.46. The van der Waals surface area contributed by atoms with E-state index in [1.807, 2.05) is 60.7 Å². The highest BCUT2D eigenvalue weighted by molar-refractivity contribution is 5.86. The molecule has 4 aromatic carbocycles. The van der Waals surface area contributed by atoms with Crippen molar-refractivity contribution in [1.29, 1.82) is 0 Å². The van der Waals surface area contributed by atoms with Crippen molar-refractivity contribution in [2.75, 3.05) is 0 Å². The highest BCUT2D eigenvalue weighted by Gasteiger charge is 2.17. The Labute approximate surface area is 141 Å². The van der Waals surface area contributed by atoms with E-state index in [4.69, 9.17) is 0 Å². The van der Waals surface area contributed by atoms with Gasteiger partial charge in [-0.15, -0.1) is 0 Å². The van der Waals surface area contributed by atoms with Crippen LogP contribution in [0.1, 0.15) is 17.2 Å². The topological polar surface area (TPSA) is 20.2 Å². The fraction of sp³-hybridized carbons (Fsp3) is 0.0435. The predicted octanol–water partition coefficient (Wildman–Crippen LogP) is 5.59. The molecule has 0 saturated heterocycles. The molecule has 116 valence electrons. The number of hydrogen-bond acceptors (Lipinski definition) is 1. The van der Waals surface area contributed by atoms with E-state index in [0.29, 0.717) is 0 Å². The van der Waals surface area contributed by atoms with Gasteiger partial charge in [0, 0.05) is 0 Å². The second-order valence-electron chi connectivity index (χ2n) is 5.92. The van der Waals surface area contributed by atoms with E-state index in [1.54, 1.807) is 0 Å². The van der Waals surface area contributed by atoms with Crippen LogP contribution in [0.3, 0.4) is 0 Å². The van der Waals surface area contributed by atoms with Crippen molar-refractivity contribution in [3.63, 3.8) is 0 Å². The average Bonchev–Trinajstić information content (AvgIpc) is 2.68. The van der Waals surface area contributed by atoms with Gasteiger partial charge in [0.2, 0.25) is 0 Å². The van der Waals surface area contributed by atoms with Gasteiger partial charge in [0.15, 0.2) is 0 Å². The molecule has 24 heavy (non-hydrogen) atoms. The zero-order valence-corrected chi connectivity index (χ0v) is 13.3. The molecule has 1 nitrogen and oxygen atoms in total. The van der Waals surface area contributed by atoms with Crippen LogP contribution in [0.2, 0.25) is 0 Å². The van der Waals surface area contributed by atoms with Crippen LogP contribution >= 0.6 is 0 Å². The van der Waals surface area contributed by atoms with Gasteiger partial charge < -0.3 is 5.11 Å². The summed E-state index contributed by atoms with van der Waals surface area (Å²) in [6, 6.07) is 32.6. The Kier molecular flexibility index (Phi) is 3.86. The molecule has 1 N–H and O–H groups in total. The Morgan fingerprint density at radius 3 is 2.04 bits per heavy atom. The van der Waals surface area contributed by atoms with Crippen molar-refractivity contribution in [1.82, 2.24) is 0 Å². The number of hydrogen-bond donors (Lipinski definition) is 1. The molecular formula is C23H18O. The number of rotatable bonds is 3.